The van der Waals surface area contributed by atoms with Gasteiger partial charge in [0.25, 0.3) is 0 Å². The minimum atomic E-state index is -3.48. The molecule has 0 aliphatic heterocycles. The van der Waals surface area contributed by atoms with Crippen molar-refractivity contribution in [2.45, 2.75) is 6.92 Å². The molecule has 0 aliphatic rings. The molecule has 0 aromatic heterocycles. The smallest absolute Gasteiger partial charge is 0.301 e. The van der Waals surface area contributed by atoms with Crippen molar-refractivity contribution in [3.63, 3.8) is 0 Å². The van der Waals surface area contributed by atoms with Crippen LogP contribution < -0.4 is 14.8 Å². The summed E-state index contributed by atoms with van der Waals surface area (Å²) in [5.74, 6) is 0. The van der Waals surface area contributed by atoms with Crippen molar-refractivity contribution in [3.8, 4) is 0 Å². The van der Waals surface area contributed by atoms with E-state index in [1.807, 2.05) is 0 Å². The van der Waals surface area contributed by atoms with Gasteiger partial charge < -0.3 is 5.73 Å². The Bertz CT molecular complexity index is 431. The number of nitrogen functional groups attached to an aromatic ring is 1. The van der Waals surface area contributed by atoms with Gasteiger partial charge in [-0.05, 0) is 12.1 Å². The van der Waals surface area contributed by atoms with Crippen LogP contribution in [0.15, 0.2) is 24.3 Å². The molecule has 0 bridgehead atoms. The molecule has 0 fully saturated rings. The number of nitrogens with two attached hydrogens (primary N) is 1. The van der Waals surface area contributed by atoms with Gasteiger partial charge in [-0.25, -0.2) is 0 Å². The summed E-state index contributed by atoms with van der Waals surface area (Å²) in [5.41, 5.74) is 6.58. The molecule has 0 saturated heterocycles. The molecule has 1 aromatic rings. The van der Waals surface area contributed by atoms with Crippen molar-refractivity contribution in [2.24, 2.45) is 0 Å². The van der Waals surface area contributed by atoms with Crippen LogP contribution in [0.2, 0.25) is 0 Å². The van der Waals surface area contributed by atoms with Crippen LogP contribution in [-0.2, 0) is 10.2 Å². The lowest BCUT2D eigenvalue weighted by atomic mass is 10.3. The zero-order valence-corrected chi connectivity index (χ0v) is 9.58. The number of para-hydroxylation sites is 2. The summed E-state index contributed by atoms with van der Waals surface area (Å²) in [6.45, 7) is 2.07. The fourth-order valence-electron chi connectivity index (χ4n) is 1.18. The van der Waals surface area contributed by atoms with E-state index in [0.29, 0.717) is 17.9 Å². The van der Waals surface area contributed by atoms with Crippen molar-refractivity contribution >= 4 is 21.6 Å². The van der Waals surface area contributed by atoms with Gasteiger partial charge in [0, 0.05) is 13.6 Å². The normalized spacial score (nSPS) is 11.3. The maximum atomic E-state index is 11.6. The lowest BCUT2D eigenvalue weighted by molar-refractivity contribution is 0.582. The first-order valence-electron chi connectivity index (χ1n) is 4.57. The topological polar surface area (TPSA) is 75.4 Å². The second-order valence-corrected chi connectivity index (χ2v) is 4.82. The molecule has 1 aromatic carbocycles. The Kier molecular flexibility index (Phi) is 3.54. The molecule has 0 heterocycles. The lowest BCUT2D eigenvalue weighted by Gasteiger charge is -2.20. The Morgan fingerprint density at radius 3 is 2.53 bits per heavy atom. The first-order valence-corrected chi connectivity index (χ1v) is 6.01. The highest BCUT2D eigenvalue weighted by Gasteiger charge is 2.18. The largest absolute Gasteiger partial charge is 0.397 e. The molecule has 0 amide bonds. The van der Waals surface area contributed by atoms with Crippen LogP contribution in [0.3, 0.4) is 0 Å². The van der Waals surface area contributed by atoms with Gasteiger partial charge in [0.15, 0.2) is 0 Å². The summed E-state index contributed by atoms with van der Waals surface area (Å²) < 4.78 is 26.8. The van der Waals surface area contributed by atoms with E-state index in [0.717, 1.165) is 4.31 Å². The molecule has 0 radical (unpaired) electrons. The van der Waals surface area contributed by atoms with Gasteiger partial charge in [-0.2, -0.15) is 13.1 Å². The standard InChI is InChI=1S/C9H15N3O2S/c1-3-11-15(13,14)12(2)9-7-5-4-6-8(9)10/h4-7,11H,3,10H2,1-2H3. The SMILES string of the molecule is CCNS(=O)(=O)N(C)c1ccccc1N. The molecule has 84 valence electrons. The molecule has 0 atom stereocenters. The first-order chi connectivity index (χ1) is 6.99. The van der Waals surface area contributed by atoms with Crippen LogP contribution in [-0.4, -0.2) is 22.0 Å². The first kappa shape index (κ1) is 11.8. The summed E-state index contributed by atoms with van der Waals surface area (Å²) in [6, 6.07) is 6.81. The molecule has 5 nitrogen and oxygen atoms in total. The average molecular weight is 229 g/mol. The van der Waals surface area contributed by atoms with Gasteiger partial charge >= 0.3 is 10.2 Å². The Morgan fingerprint density at radius 2 is 2.00 bits per heavy atom. The zero-order valence-electron chi connectivity index (χ0n) is 8.77. The molecule has 0 spiro atoms. The summed E-state index contributed by atoms with van der Waals surface area (Å²) >= 11 is 0. The van der Waals surface area contributed by atoms with Crippen molar-refractivity contribution in [2.75, 3.05) is 23.6 Å². The van der Waals surface area contributed by atoms with E-state index in [1.165, 1.54) is 7.05 Å². The van der Waals surface area contributed by atoms with Crippen molar-refractivity contribution < 1.29 is 8.42 Å². The van der Waals surface area contributed by atoms with E-state index in [9.17, 15) is 8.42 Å². The Labute approximate surface area is 90.1 Å². The number of hydrogen-bond donors (Lipinski definition) is 2. The van der Waals surface area contributed by atoms with E-state index in [4.69, 9.17) is 5.73 Å². The molecule has 3 N–H and O–H groups in total. The number of benzene rings is 1. The molecule has 0 aliphatic carbocycles. The second-order valence-electron chi connectivity index (χ2n) is 3.03. The molecule has 15 heavy (non-hydrogen) atoms. The number of nitrogens with zero attached hydrogens (tertiary/aromatic N) is 1. The second kappa shape index (κ2) is 4.50. The molecule has 0 unspecified atom stereocenters. The summed E-state index contributed by atoms with van der Waals surface area (Å²) in [5, 5.41) is 0. The highest BCUT2D eigenvalue weighted by Crippen LogP contribution is 2.22. The Morgan fingerprint density at radius 1 is 1.40 bits per heavy atom. The summed E-state index contributed by atoms with van der Waals surface area (Å²) in [4.78, 5) is 0. The van der Waals surface area contributed by atoms with Crippen LogP contribution in [0, 0.1) is 0 Å². The average Bonchev–Trinajstić information content (AvgIpc) is 2.17. The van der Waals surface area contributed by atoms with Gasteiger partial charge in [-0.1, -0.05) is 19.1 Å². The molecule has 1 rings (SSSR count). The number of hydrogen-bond acceptors (Lipinski definition) is 3. The summed E-state index contributed by atoms with van der Waals surface area (Å²) in [6.07, 6.45) is 0. The van der Waals surface area contributed by atoms with E-state index < -0.39 is 10.2 Å². The van der Waals surface area contributed by atoms with Gasteiger partial charge in [-0.3, -0.25) is 4.31 Å². The van der Waals surface area contributed by atoms with Crippen LogP contribution in [0.25, 0.3) is 0 Å². The molecular formula is C9H15N3O2S. The fraction of sp³-hybridized carbons (Fsp3) is 0.333. The van der Waals surface area contributed by atoms with Gasteiger partial charge in [-0.15, -0.1) is 0 Å². The quantitative estimate of drug-likeness (QED) is 0.741. The van der Waals surface area contributed by atoms with Gasteiger partial charge in [0.2, 0.25) is 0 Å². The monoisotopic (exact) mass is 229 g/mol. The summed E-state index contributed by atoms with van der Waals surface area (Å²) in [7, 11) is -2.02. The van der Waals surface area contributed by atoms with Crippen molar-refractivity contribution in [1.82, 2.24) is 4.72 Å². The minimum Gasteiger partial charge on any atom is -0.397 e. The van der Waals surface area contributed by atoms with Crippen LogP contribution >= 0.6 is 0 Å². The number of anilines is 2. The Balaban J connectivity index is 3.05. The maximum Gasteiger partial charge on any atom is 0.301 e. The van der Waals surface area contributed by atoms with Crippen LogP contribution in [0.5, 0.6) is 0 Å². The third-order valence-corrected chi connectivity index (χ3v) is 3.53. The fourth-order valence-corrected chi connectivity index (χ4v) is 2.17. The van der Waals surface area contributed by atoms with Crippen LogP contribution in [0.1, 0.15) is 6.92 Å². The zero-order chi connectivity index (χ0) is 11.5. The van der Waals surface area contributed by atoms with Crippen molar-refractivity contribution in [1.29, 1.82) is 0 Å². The van der Waals surface area contributed by atoms with E-state index in [1.54, 1.807) is 31.2 Å². The Hall–Kier alpha value is -1.27. The number of nitrogens with one attached hydrogen (secondary N) is 1. The molecule has 0 saturated carbocycles. The predicted octanol–water partition coefficient (Wildman–Crippen LogP) is 0.559. The van der Waals surface area contributed by atoms with Crippen molar-refractivity contribution in [3.05, 3.63) is 24.3 Å². The van der Waals surface area contributed by atoms with Gasteiger partial charge in [0.1, 0.15) is 0 Å². The highest BCUT2D eigenvalue weighted by atomic mass is 32.2. The van der Waals surface area contributed by atoms with E-state index in [-0.39, 0.29) is 0 Å². The third-order valence-electron chi connectivity index (χ3n) is 1.96. The molecule has 6 heteroatoms. The maximum absolute atomic E-state index is 11.6. The number of rotatable bonds is 4. The highest BCUT2D eigenvalue weighted by molar-refractivity contribution is 7.90. The van der Waals surface area contributed by atoms with E-state index >= 15 is 0 Å². The third kappa shape index (κ3) is 2.60. The van der Waals surface area contributed by atoms with Gasteiger partial charge in [0.05, 0.1) is 11.4 Å². The molecular weight excluding hydrogens is 214 g/mol. The van der Waals surface area contributed by atoms with Crippen LogP contribution in [0.4, 0.5) is 11.4 Å². The van der Waals surface area contributed by atoms with E-state index in [2.05, 4.69) is 4.72 Å². The lowest BCUT2D eigenvalue weighted by Crippen LogP contribution is -2.38. The predicted molar refractivity (Wildman–Crippen MR) is 61.9 cm³/mol. The minimum absolute atomic E-state index is 0.347.